The van der Waals surface area contributed by atoms with Crippen LogP contribution in [0, 0.1) is 0 Å². The molecule has 6 nitrogen and oxygen atoms in total. The molecule has 0 fully saturated rings. The second-order valence-corrected chi connectivity index (χ2v) is 19.5. The van der Waals surface area contributed by atoms with Crippen LogP contribution in [-0.2, 0) is 28.6 Å². The van der Waals surface area contributed by atoms with Crippen LogP contribution in [-0.4, -0.2) is 37.2 Å². The molecule has 79 heavy (non-hydrogen) atoms. The third-order valence-electron chi connectivity index (χ3n) is 12.1. The molecule has 0 radical (unpaired) electrons. The molecule has 0 spiro atoms. The van der Waals surface area contributed by atoms with Crippen LogP contribution in [0.2, 0.25) is 0 Å². The summed E-state index contributed by atoms with van der Waals surface area (Å²) in [6, 6.07) is 0. The first kappa shape index (κ1) is 73.2. The van der Waals surface area contributed by atoms with Gasteiger partial charge in [0.15, 0.2) is 6.10 Å². The van der Waals surface area contributed by atoms with Gasteiger partial charge in [-0.3, -0.25) is 14.4 Å². The van der Waals surface area contributed by atoms with E-state index in [1.165, 1.54) is 19.3 Å². The van der Waals surface area contributed by atoms with Crippen LogP contribution in [0.5, 0.6) is 0 Å². The van der Waals surface area contributed by atoms with Gasteiger partial charge in [-0.15, -0.1) is 0 Å². The van der Waals surface area contributed by atoms with Crippen molar-refractivity contribution in [1.82, 2.24) is 0 Å². The Morgan fingerprint density at radius 2 is 0.506 bits per heavy atom. The van der Waals surface area contributed by atoms with Crippen LogP contribution < -0.4 is 0 Å². The van der Waals surface area contributed by atoms with Gasteiger partial charge in [0.25, 0.3) is 0 Å². The number of esters is 3. The summed E-state index contributed by atoms with van der Waals surface area (Å²) in [6.45, 7) is 6.16. The van der Waals surface area contributed by atoms with Crippen molar-refractivity contribution < 1.29 is 28.6 Å². The van der Waals surface area contributed by atoms with E-state index in [-0.39, 0.29) is 38.0 Å². The SMILES string of the molecule is CC/C=C\C/C=C\C/C=C\C/C=C\C/C=C\C/C=C\CCCCCCC(=O)OCC(COC(=O)C/C=C\C/C=C\C/C=C\C/C=C\C/C=C\CC)OC(=O)CCCCCCCCC/C=C\C/C=C\C/C=C\C/C=C\C/C=C\CC. The Balaban J connectivity index is 4.58. The molecule has 0 saturated heterocycles. The molecule has 0 saturated carbocycles. The number of unbranched alkanes of at least 4 members (excludes halogenated alkanes) is 11. The maximum absolute atomic E-state index is 12.9. The van der Waals surface area contributed by atoms with E-state index in [1.54, 1.807) is 6.08 Å². The number of carbonyl (C=O) groups is 3. The minimum Gasteiger partial charge on any atom is -0.462 e. The van der Waals surface area contributed by atoms with Crippen molar-refractivity contribution in [3.63, 3.8) is 0 Å². The minimum atomic E-state index is -0.849. The zero-order valence-corrected chi connectivity index (χ0v) is 50.0. The van der Waals surface area contributed by atoms with Crippen molar-refractivity contribution in [1.29, 1.82) is 0 Å². The summed E-state index contributed by atoms with van der Waals surface area (Å²) in [5, 5.41) is 0. The van der Waals surface area contributed by atoms with E-state index in [0.29, 0.717) is 6.42 Å². The van der Waals surface area contributed by atoms with E-state index < -0.39 is 12.1 Å². The lowest BCUT2D eigenvalue weighted by Crippen LogP contribution is -2.30. The highest BCUT2D eigenvalue weighted by atomic mass is 16.6. The van der Waals surface area contributed by atoms with Crippen molar-refractivity contribution in [2.24, 2.45) is 0 Å². The highest BCUT2D eigenvalue weighted by Crippen LogP contribution is 2.13. The van der Waals surface area contributed by atoms with Crippen LogP contribution in [0.1, 0.15) is 226 Å². The average molecular weight is 1080 g/mol. The molecule has 0 amide bonds. The molecule has 0 aromatic carbocycles. The zero-order chi connectivity index (χ0) is 57.1. The molecule has 0 aromatic heterocycles. The molecule has 0 heterocycles. The Morgan fingerprint density at radius 1 is 0.266 bits per heavy atom. The smallest absolute Gasteiger partial charge is 0.309 e. The quantitative estimate of drug-likeness (QED) is 0.0261. The van der Waals surface area contributed by atoms with Gasteiger partial charge in [0, 0.05) is 12.8 Å². The zero-order valence-electron chi connectivity index (χ0n) is 50.0. The molecule has 0 N–H and O–H groups in total. The maximum Gasteiger partial charge on any atom is 0.309 e. The Labute approximate surface area is 484 Å². The van der Waals surface area contributed by atoms with Crippen molar-refractivity contribution in [2.75, 3.05) is 13.2 Å². The molecule has 1 atom stereocenters. The molecule has 0 rings (SSSR count). The molecular weight excluding hydrogens is 973 g/mol. The predicted octanol–water partition coefficient (Wildman–Crippen LogP) is 21.4. The Kier molecular flexibility index (Phi) is 60.1. The average Bonchev–Trinajstić information content (AvgIpc) is 3.45. The summed E-state index contributed by atoms with van der Waals surface area (Å²) >= 11 is 0. The predicted molar refractivity (Wildman–Crippen MR) is 343 cm³/mol. The van der Waals surface area contributed by atoms with Crippen LogP contribution in [0.4, 0.5) is 0 Å². The van der Waals surface area contributed by atoms with Gasteiger partial charge in [-0.05, 0) is 141 Å². The van der Waals surface area contributed by atoms with Crippen molar-refractivity contribution in [2.45, 2.75) is 232 Å². The largest absolute Gasteiger partial charge is 0.462 e. The number of ether oxygens (including phenoxy) is 3. The Morgan fingerprint density at radius 3 is 0.823 bits per heavy atom. The number of hydrogen-bond acceptors (Lipinski definition) is 6. The van der Waals surface area contributed by atoms with Crippen LogP contribution in [0.25, 0.3) is 0 Å². The summed E-state index contributed by atoms with van der Waals surface area (Å²) in [6.07, 6.45) is 98.8. The highest BCUT2D eigenvalue weighted by Gasteiger charge is 2.19. The van der Waals surface area contributed by atoms with Gasteiger partial charge >= 0.3 is 17.9 Å². The molecule has 0 aliphatic carbocycles. The maximum atomic E-state index is 12.9. The van der Waals surface area contributed by atoms with Gasteiger partial charge in [0.05, 0.1) is 6.42 Å². The molecular formula is C73H110O6. The molecule has 6 heteroatoms. The van der Waals surface area contributed by atoms with Gasteiger partial charge in [-0.1, -0.05) is 260 Å². The summed E-state index contributed by atoms with van der Waals surface area (Å²) < 4.78 is 16.8. The van der Waals surface area contributed by atoms with Gasteiger partial charge in [0.2, 0.25) is 0 Å². The summed E-state index contributed by atoms with van der Waals surface area (Å²) in [5.74, 6) is -1.12. The van der Waals surface area contributed by atoms with Crippen molar-refractivity contribution >= 4 is 17.9 Å². The third kappa shape index (κ3) is 63.0. The van der Waals surface area contributed by atoms with E-state index in [0.717, 1.165) is 167 Å². The number of carbonyl (C=O) groups excluding carboxylic acids is 3. The molecule has 0 aliphatic rings. The molecule has 0 bridgehead atoms. The first-order valence-electron chi connectivity index (χ1n) is 30.9. The minimum absolute atomic E-state index is 0.109. The van der Waals surface area contributed by atoms with Crippen LogP contribution >= 0.6 is 0 Å². The standard InChI is InChI=1S/C73H110O6/c1-4-7-10-13-16-19-22-25-28-30-32-34-36-38-40-42-45-48-51-54-57-60-63-66-72(75)78-69-70(68-77-71(74)65-62-59-56-53-50-47-44-27-24-21-18-15-12-9-6-3)79-73(76)67-64-61-58-55-52-49-46-43-41-39-37-35-33-31-29-26-23-20-17-14-11-8-5-2/h7-12,16-21,25-29,32-35,38-41,44-45,48,50,53,59,62,70H,4-6,13-15,22-24,30-31,36-37,42-43,46-47,49,51-52,54-58,60-61,63-69H2,1-3H3/b10-7-,11-8-,12-9-,19-16-,20-17-,21-18-,28-25-,29-26-,34-32-,35-33-,40-38-,41-39-,44-27-,48-45-,53-50-,62-59-. The normalized spacial score (nSPS) is 13.5. The van der Waals surface area contributed by atoms with Crippen LogP contribution in [0.15, 0.2) is 194 Å². The fraction of sp³-hybridized carbons (Fsp3) is 0.521. The Hall–Kier alpha value is -5.75. The van der Waals surface area contributed by atoms with Gasteiger partial charge < -0.3 is 14.2 Å². The Bertz CT molecular complexity index is 1920. The monoisotopic (exact) mass is 1080 g/mol. The van der Waals surface area contributed by atoms with Gasteiger partial charge in [0.1, 0.15) is 13.2 Å². The van der Waals surface area contributed by atoms with Gasteiger partial charge in [-0.25, -0.2) is 0 Å². The molecule has 1 unspecified atom stereocenters. The summed E-state index contributed by atoms with van der Waals surface area (Å²) in [5.41, 5.74) is 0. The first-order valence-corrected chi connectivity index (χ1v) is 30.9. The number of rotatable bonds is 53. The molecule has 438 valence electrons. The lowest BCUT2D eigenvalue weighted by atomic mass is 10.1. The number of allylic oxidation sites excluding steroid dienone is 31. The van der Waals surface area contributed by atoms with Crippen LogP contribution in [0.3, 0.4) is 0 Å². The second-order valence-electron chi connectivity index (χ2n) is 19.5. The van der Waals surface area contributed by atoms with E-state index in [9.17, 15) is 14.4 Å². The van der Waals surface area contributed by atoms with Gasteiger partial charge in [-0.2, -0.15) is 0 Å². The third-order valence-corrected chi connectivity index (χ3v) is 12.1. The van der Waals surface area contributed by atoms with E-state index >= 15 is 0 Å². The topological polar surface area (TPSA) is 78.9 Å². The fourth-order valence-electron chi connectivity index (χ4n) is 7.60. The van der Waals surface area contributed by atoms with Crippen molar-refractivity contribution in [3.05, 3.63) is 194 Å². The van der Waals surface area contributed by atoms with Crippen molar-refractivity contribution in [3.8, 4) is 0 Å². The van der Waals surface area contributed by atoms with E-state index in [1.807, 2.05) is 6.08 Å². The summed E-state index contributed by atoms with van der Waals surface area (Å²) in [4.78, 5) is 38.2. The lowest BCUT2D eigenvalue weighted by Gasteiger charge is -2.18. The van der Waals surface area contributed by atoms with E-state index in [2.05, 4.69) is 203 Å². The fourth-order valence-corrected chi connectivity index (χ4v) is 7.60. The highest BCUT2D eigenvalue weighted by molar-refractivity contribution is 5.72. The number of hydrogen-bond donors (Lipinski definition) is 0. The second kappa shape index (κ2) is 64.8. The first-order chi connectivity index (χ1) is 39.0. The van der Waals surface area contributed by atoms with E-state index in [4.69, 9.17) is 14.2 Å². The molecule has 0 aliphatic heterocycles. The lowest BCUT2D eigenvalue weighted by molar-refractivity contribution is -0.166. The molecule has 0 aromatic rings. The summed E-state index contributed by atoms with van der Waals surface area (Å²) in [7, 11) is 0.